The van der Waals surface area contributed by atoms with Crippen molar-refractivity contribution >= 4 is 5.91 Å². The number of halogens is 3. The van der Waals surface area contributed by atoms with E-state index < -0.39 is 11.8 Å². The van der Waals surface area contributed by atoms with Gasteiger partial charge in [0.1, 0.15) is 5.75 Å². The van der Waals surface area contributed by atoms with E-state index in [1.54, 1.807) is 23.2 Å². The molecule has 1 aromatic heterocycles. The van der Waals surface area contributed by atoms with E-state index in [2.05, 4.69) is 5.10 Å². The van der Waals surface area contributed by atoms with Gasteiger partial charge in [-0.05, 0) is 35.2 Å². The van der Waals surface area contributed by atoms with Crippen molar-refractivity contribution in [1.82, 2.24) is 14.7 Å². The minimum atomic E-state index is -5.00. The number of fused-ring (bicyclic) bond motifs is 3. The van der Waals surface area contributed by atoms with E-state index in [-0.39, 0.29) is 53.7 Å². The molecule has 2 aliphatic rings. The molecule has 7 nitrogen and oxygen atoms in total. The van der Waals surface area contributed by atoms with E-state index in [0.717, 1.165) is 12.5 Å². The van der Waals surface area contributed by atoms with Crippen LogP contribution in [0.15, 0.2) is 48.8 Å². The second-order valence-electron chi connectivity index (χ2n) is 8.39. The van der Waals surface area contributed by atoms with Crippen LogP contribution in [0.5, 0.6) is 5.75 Å². The van der Waals surface area contributed by atoms with Gasteiger partial charge in [0.2, 0.25) is 5.60 Å². The van der Waals surface area contributed by atoms with E-state index in [0.29, 0.717) is 24.2 Å². The average molecular weight is 473 g/mol. The summed E-state index contributed by atoms with van der Waals surface area (Å²) >= 11 is 0. The standard InChI is InChI=1S/C24H22F3N3O4/c25-24(26,27)23(33)19-5-2-1-4-17(19)22-18(15-12-28-30(13-15)8-9-31)10-16(11-20(22)23)34-14-21(32)29-6-3-7-29/h1-2,4-5,10-13,31,33H,3,6-9,14H2. The van der Waals surface area contributed by atoms with Crippen LogP contribution in [0.1, 0.15) is 17.5 Å². The summed E-state index contributed by atoms with van der Waals surface area (Å²) in [5, 5.41) is 24.5. The molecule has 1 saturated heterocycles. The first-order chi connectivity index (χ1) is 16.2. The molecule has 1 atom stereocenters. The second-order valence-corrected chi connectivity index (χ2v) is 8.39. The number of carbonyl (C=O) groups excluding carboxylic acids is 1. The molecule has 1 aliphatic heterocycles. The third kappa shape index (κ3) is 3.45. The monoisotopic (exact) mass is 473 g/mol. The Hall–Kier alpha value is -3.37. The molecule has 0 bridgehead atoms. The van der Waals surface area contributed by atoms with Crippen molar-refractivity contribution in [2.45, 2.75) is 24.7 Å². The zero-order chi connectivity index (χ0) is 24.1. The summed E-state index contributed by atoms with van der Waals surface area (Å²) in [5.74, 6) is -0.216. The molecule has 10 heteroatoms. The van der Waals surface area contributed by atoms with Gasteiger partial charge in [-0.3, -0.25) is 9.48 Å². The number of aliphatic hydroxyl groups is 2. The summed E-state index contributed by atoms with van der Waals surface area (Å²) in [6.45, 7) is 0.998. The van der Waals surface area contributed by atoms with Crippen molar-refractivity contribution in [3.05, 3.63) is 59.9 Å². The van der Waals surface area contributed by atoms with Crippen molar-refractivity contribution in [2.24, 2.45) is 0 Å². The minimum absolute atomic E-state index is 0.0352. The predicted molar refractivity (Wildman–Crippen MR) is 116 cm³/mol. The van der Waals surface area contributed by atoms with Crippen molar-refractivity contribution in [2.75, 3.05) is 26.3 Å². The lowest BCUT2D eigenvalue weighted by Crippen LogP contribution is -2.44. The Bertz CT molecular complexity index is 1250. The van der Waals surface area contributed by atoms with Gasteiger partial charge in [-0.1, -0.05) is 24.3 Å². The number of nitrogens with zero attached hydrogens (tertiary/aromatic N) is 3. The van der Waals surface area contributed by atoms with Crippen LogP contribution in [0.2, 0.25) is 0 Å². The summed E-state index contributed by atoms with van der Waals surface area (Å²) < 4.78 is 50.2. The normalized spacial score (nSPS) is 18.9. The van der Waals surface area contributed by atoms with Crippen LogP contribution in [0.25, 0.3) is 22.3 Å². The van der Waals surface area contributed by atoms with Gasteiger partial charge in [0.05, 0.1) is 19.3 Å². The first kappa shape index (κ1) is 22.4. The number of ether oxygens (including phenoxy) is 1. The second kappa shape index (κ2) is 8.14. The molecule has 1 unspecified atom stereocenters. The molecule has 2 aromatic carbocycles. The Balaban J connectivity index is 1.67. The van der Waals surface area contributed by atoms with E-state index in [4.69, 9.17) is 4.74 Å². The summed E-state index contributed by atoms with van der Waals surface area (Å²) in [4.78, 5) is 13.9. The lowest BCUT2D eigenvalue weighted by Gasteiger charge is -2.31. The Kier molecular flexibility index (Phi) is 5.37. The van der Waals surface area contributed by atoms with E-state index >= 15 is 0 Å². The van der Waals surface area contributed by atoms with E-state index in [1.165, 1.54) is 29.1 Å². The van der Waals surface area contributed by atoms with Crippen LogP contribution in [-0.2, 0) is 16.9 Å². The smallest absolute Gasteiger partial charge is 0.425 e. The van der Waals surface area contributed by atoms with Crippen molar-refractivity contribution in [1.29, 1.82) is 0 Å². The molecule has 1 fully saturated rings. The summed E-state index contributed by atoms with van der Waals surface area (Å²) in [7, 11) is 0. The lowest BCUT2D eigenvalue weighted by molar-refractivity contribution is -0.246. The summed E-state index contributed by atoms with van der Waals surface area (Å²) in [6.07, 6.45) is -1.01. The third-order valence-electron chi connectivity index (χ3n) is 6.34. The van der Waals surface area contributed by atoms with Crippen LogP contribution >= 0.6 is 0 Å². The molecule has 0 saturated carbocycles. The SMILES string of the molecule is O=C(COc1cc(-c2cnn(CCO)c2)c2c(c1)C(O)(C(F)(F)F)c1ccccc1-2)N1CCC1. The number of hydrogen-bond donors (Lipinski definition) is 2. The van der Waals surface area contributed by atoms with Crippen molar-refractivity contribution < 1.29 is 32.9 Å². The van der Waals surface area contributed by atoms with Gasteiger partial charge in [0.15, 0.2) is 6.61 Å². The zero-order valence-electron chi connectivity index (χ0n) is 18.0. The highest BCUT2D eigenvalue weighted by molar-refractivity contribution is 5.93. The lowest BCUT2D eigenvalue weighted by atomic mass is 9.89. The Labute approximate surface area is 193 Å². The van der Waals surface area contributed by atoms with Gasteiger partial charge >= 0.3 is 6.18 Å². The van der Waals surface area contributed by atoms with Crippen LogP contribution in [0.3, 0.4) is 0 Å². The Morgan fingerprint density at radius 1 is 1.15 bits per heavy atom. The molecule has 1 amide bonds. The van der Waals surface area contributed by atoms with Crippen LogP contribution in [-0.4, -0.2) is 63.3 Å². The Morgan fingerprint density at radius 3 is 2.59 bits per heavy atom. The highest BCUT2D eigenvalue weighted by Crippen LogP contribution is 2.58. The van der Waals surface area contributed by atoms with Crippen molar-refractivity contribution in [3.63, 3.8) is 0 Å². The molecular formula is C24H22F3N3O4. The van der Waals surface area contributed by atoms with E-state index in [9.17, 15) is 28.2 Å². The molecule has 0 spiro atoms. The molecule has 5 rings (SSSR count). The highest BCUT2D eigenvalue weighted by Gasteiger charge is 2.61. The fraction of sp³-hybridized carbons (Fsp3) is 0.333. The van der Waals surface area contributed by atoms with Crippen LogP contribution < -0.4 is 4.74 Å². The fourth-order valence-corrected chi connectivity index (χ4v) is 4.50. The quantitative estimate of drug-likeness (QED) is 0.575. The number of amides is 1. The summed E-state index contributed by atoms with van der Waals surface area (Å²) in [5.41, 5.74) is -2.53. The van der Waals surface area contributed by atoms with Gasteiger partial charge < -0.3 is 19.8 Å². The number of benzene rings is 2. The maximum Gasteiger partial charge on any atom is 0.425 e. The molecule has 1 aliphatic carbocycles. The molecule has 178 valence electrons. The Morgan fingerprint density at radius 2 is 1.91 bits per heavy atom. The van der Waals surface area contributed by atoms with Gasteiger partial charge in [-0.15, -0.1) is 0 Å². The molecular weight excluding hydrogens is 451 g/mol. The van der Waals surface area contributed by atoms with E-state index in [1.807, 2.05) is 0 Å². The molecule has 0 radical (unpaired) electrons. The highest BCUT2D eigenvalue weighted by atomic mass is 19.4. The maximum absolute atomic E-state index is 14.4. The first-order valence-corrected chi connectivity index (χ1v) is 10.9. The zero-order valence-corrected chi connectivity index (χ0v) is 18.0. The molecule has 34 heavy (non-hydrogen) atoms. The number of likely N-dealkylation sites (tertiary alicyclic amines) is 1. The number of aliphatic hydroxyl groups excluding tert-OH is 1. The third-order valence-corrected chi connectivity index (χ3v) is 6.34. The maximum atomic E-state index is 14.4. The number of rotatable bonds is 6. The molecule has 2 N–H and O–H groups in total. The van der Waals surface area contributed by atoms with Gasteiger partial charge in [0.25, 0.3) is 5.91 Å². The number of aromatic nitrogens is 2. The summed E-state index contributed by atoms with van der Waals surface area (Å²) in [6, 6.07) is 8.57. The number of hydrogen-bond acceptors (Lipinski definition) is 5. The van der Waals surface area contributed by atoms with Gasteiger partial charge in [0, 0.05) is 36.0 Å². The van der Waals surface area contributed by atoms with Gasteiger partial charge in [-0.25, -0.2) is 0 Å². The molecule has 3 aromatic rings. The first-order valence-electron chi connectivity index (χ1n) is 10.9. The van der Waals surface area contributed by atoms with Crippen LogP contribution in [0.4, 0.5) is 13.2 Å². The van der Waals surface area contributed by atoms with Gasteiger partial charge in [-0.2, -0.15) is 18.3 Å². The fourth-order valence-electron chi connectivity index (χ4n) is 4.50. The predicted octanol–water partition coefficient (Wildman–Crippen LogP) is 2.93. The topological polar surface area (TPSA) is 87.8 Å². The molecule has 2 heterocycles. The van der Waals surface area contributed by atoms with Crippen molar-refractivity contribution in [3.8, 4) is 28.0 Å². The average Bonchev–Trinajstić information content (AvgIpc) is 3.33. The minimum Gasteiger partial charge on any atom is -0.484 e. The largest absolute Gasteiger partial charge is 0.484 e. The number of alkyl halides is 3. The van der Waals surface area contributed by atoms with Crippen LogP contribution in [0, 0.1) is 0 Å². The number of carbonyl (C=O) groups is 1.